The molecule has 0 spiro atoms. The molecular formula is C10H20N2O. The number of methoxy groups -OCH3 is 1. The summed E-state index contributed by atoms with van der Waals surface area (Å²) in [5.41, 5.74) is 0. The van der Waals surface area contributed by atoms with Gasteiger partial charge >= 0.3 is 0 Å². The van der Waals surface area contributed by atoms with Crippen molar-refractivity contribution in [1.29, 1.82) is 0 Å². The fourth-order valence-electron chi connectivity index (χ4n) is 0.914. The van der Waals surface area contributed by atoms with E-state index in [9.17, 15) is 0 Å². The summed E-state index contributed by atoms with van der Waals surface area (Å²) >= 11 is 0. The van der Waals surface area contributed by atoms with Gasteiger partial charge in [0.05, 0.1) is 6.61 Å². The average Bonchev–Trinajstić information content (AvgIpc) is 2.14. The van der Waals surface area contributed by atoms with Crippen molar-refractivity contribution >= 4 is 0 Å². The van der Waals surface area contributed by atoms with Gasteiger partial charge in [-0.25, -0.2) is 0 Å². The highest BCUT2D eigenvalue weighted by atomic mass is 16.5. The SMILES string of the molecule is C#CCCNCCN(C)CCOC. The van der Waals surface area contributed by atoms with Crippen LogP contribution in [0.2, 0.25) is 0 Å². The van der Waals surface area contributed by atoms with Gasteiger partial charge < -0.3 is 15.0 Å². The van der Waals surface area contributed by atoms with E-state index in [1.54, 1.807) is 7.11 Å². The number of nitrogens with one attached hydrogen (secondary N) is 1. The van der Waals surface area contributed by atoms with E-state index in [0.717, 1.165) is 39.2 Å². The van der Waals surface area contributed by atoms with Gasteiger partial charge in [0.25, 0.3) is 0 Å². The van der Waals surface area contributed by atoms with Crippen LogP contribution in [0.3, 0.4) is 0 Å². The molecule has 0 aliphatic carbocycles. The molecule has 0 saturated heterocycles. The number of ether oxygens (including phenoxy) is 1. The van der Waals surface area contributed by atoms with Crippen LogP contribution in [0.15, 0.2) is 0 Å². The molecule has 0 bridgehead atoms. The molecule has 13 heavy (non-hydrogen) atoms. The quantitative estimate of drug-likeness (QED) is 0.430. The van der Waals surface area contributed by atoms with E-state index >= 15 is 0 Å². The van der Waals surface area contributed by atoms with Gasteiger partial charge in [0, 0.05) is 39.7 Å². The predicted octanol–water partition coefficient (Wildman–Crippen LogP) is 0.178. The highest BCUT2D eigenvalue weighted by Crippen LogP contribution is 1.81. The molecular weight excluding hydrogens is 164 g/mol. The van der Waals surface area contributed by atoms with Crippen molar-refractivity contribution in [3.8, 4) is 12.3 Å². The lowest BCUT2D eigenvalue weighted by molar-refractivity contribution is 0.161. The van der Waals surface area contributed by atoms with Crippen molar-refractivity contribution in [2.24, 2.45) is 0 Å². The summed E-state index contributed by atoms with van der Waals surface area (Å²) < 4.78 is 4.97. The van der Waals surface area contributed by atoms with E-state index in [2.05, 4.69) is 23.2 Å². The fraction of sp³-hybridized carbons (Fsp3) is 0.800. The second-order valence-corrected chi connectivity index (χ2v) is 3.00. The van der Waals surface area contributed by atoms with Crippen molar-refractivity contribution < 1.29 is 4.74 Å². The molecule has 0 aromatic heterocycles. The average molecular weight is 184 g/mol. The lowest BCUT2D eigenvalue weighted by Gasteiger charge is -2.15. The second kappa shape index (κ2) is 9.53. The molecule has 1 N–H and O–H groups in total. The molecule has 76 valence electrons. The third-order valence-electron chi connectivity index (χ3n) is 1.79. The minimum atomic E-state index is 0.793. The molecule has 0 amide bonds. The minimum absolute atomic E-state index is 0.793. The van der Waals surface area contributed by atoms with Crippen molar-refractivity contribution in [1.82, 2.24) is 10.2 Å². The van der Waals surface area contributed by atoms with Crippen LogP contribution in [0.5, 0.6) is 0 Å². The molecule has 0 saturated carbocycles. The zero-order valence-corrected chi connectivity index (χ0v) is 8.68. The third kappa shape index (κ3) is 9.35. The molecule has 0 unspecified atom stereocenters. The summed E-state index contributed by atoms with van der Waals surface area (Å²) in [5.74, 6) is 2.59. The van der Waals surface area contributed by atoms with Crippen LogP contribution in [0.1, 0.15) is 6.42 Å². The number of terminal acetylenes is 1. The zero-order valence-electron chi connectivity index (χ0n) is 8.68. The van der Waals surface area contributed by atoms with Crippen LogP contribution in [0.4, 0.5) is 0 Å². The van der Waals surface area contributed by atoms with Crippen molar-refractivity contribution in [2.75, 3.05) is 46.9 Å². The highest BCUT2D eigenvalue weighted by molar-refractivity contribution is 4.83. The molecule has 0 heterocycles. The van der Waals surface area contributed by atoms with Gasteiger partial charge in [-0.05, 0) is 7.05 Å². The standard InChI is InChI=1S/C10H20N2O/c1-4-5-6-11-7-8-12(2)9-10-13-3/h1,11H,5-10H2,2-3H3. The van der Waals surface area contributed by atoms with Gasteiger partial charge in [-0.15, -0.1) is 12.3 Å². The van der Waals surface area contributed by atoms with Gasteiger partial charge in [0.1, 0.15) is 0 Å². The van der Waals surface area contributed by atoms with Crippen molar-refractivity contribution in [2.45, 2.75) is 6.42 Å². The van der Waals surface area contributed by atoms with E-state index < -0.39 is 0 Å². The first-order valence-corrected chi connectivity index (χ1v) is 4.63. The Hall–Kier alpha value is -0.560. The maximum absolute atomic E-state index is 5.12. The Morgan fingerprint density at radius 1 is 1.38 bits per heavy atom. The molecule has 0 aromatic carbocycles. The first kappa shape index (κ1) is 12.4. The Morgan fingerprint density at radius 2 is 2.15 bits per heavy atom. The molecule has 0 aromatic rings. The smallest absolute Gasteiger partial charge is 0.0589 e. The number of likely N-dealkylation sites (N-methyl/N-ethyl adjacent to an activating group) is 1. The molecule has 0 fully saturated rings. The summed E-state index contributed by atoms with van der Waals surface area (Å²) in [6.45, 7) is 4.71. The predicted molar refractivity (Wildman–Crippen MR) is 55.7 cm³/mol. The van der Waals surface area contributed by atoms with Gasteiger partial charge in [-0.3, -0.25) is 0 Å². The Kier molecular flexibility index (Phi) is 9.12. The number of hydrogen-bond acceptors (Lipinski definition) is 3. The normalized spacial score (nSPS) is 10.3. The van der Waals surface area contributed by atoms with Gasteiger partial charge in [-0.1, -0.05) is 0 Å². The first-order chi connectivity index (χ1) is 6.31. The second-order valence-electron chi connectivity index (χ2n) is 3.00. The first-order valence-electron chi connectivity index (χ1n) is 4.63. The van der Waals surface area contributed by atoms with E-state index in [1.165, 1.54) is 0 Å². The molecule has 3 nitrogen and oxygen atoms in total. The van der Waals surface area contributed by atoms with Crippen LogP contribution >= 0.6 is 0 Å². The van der Waals surface area contributed by atoms with E-state index in [1.807, 2.05) is 0 Å². The van der Waals surface area contributed by atoms with Gasteiger partial charge in [-0.2, -0.15) is 0 Å². The van der Waals surface area contributed by atoms with E-state index in [4.69, 9.17) is 11.2 Å². The van der Waals surface area contributed by atoms with Crippen molar-refractivity contribution in [3.05, 3.63) is 0 Å². The summed E-state index contributed by atoms with van der Waals surface area (Å²) in [7, 11) is 3.81. The Labute approximate surface area is 81.4 Å². The lowest BCUT2D eigenvalue weighted by atomic mass is 10.4. The molecule has 3 heteroatoms. The Morgan fingerprint density at radius 3 is 2.77 bits per heavy atom. The van der Waals surface area contributed by atoms with Gasteiger partial charge in [0.2, 0.25) is 0 Å². The fourth-order valence-corrected chi connectivity index (χ4v) is 0.914. The minimum Gasteiger partial charge on any atom is -0.383 e. The largest absolute Gasteiger partial charge is 0.383 e. The topological polar surface area (TPSA) is 24.5 Å². The highest BCUT2D eigenvalue weighted by Gasteiger charge is 1.95. The molecule has 0 rings (SSSR count). The number of nitrogens with zero attached hydrogens (tertiary/aromatic N) is 1. The lowest BCUT2D eigenvalue weighted by Crippen LogP contribution is -2.31. The monoisotopic (exact) mass is 184 g/mol. The zero-order chi connectivity index (χ0) is 9.94. The third-order valence-corrected chi connectivity index (χ3v) is 1.79. The number of rotatable bonds is 8. The molecule has 0 aliphatic rings. The van der Waals surface area contributed by atoms with Crippen LogP contribution in [-0.2, 0) is 4.74 Å². The maximum atomic E-state index is 5.12. The van der Waals surface area contributed by atoms with Crippen LogP contribution in [0.25, 0.3) is 0 Å². The van der Waals surface area contributed by atoms with Crippen LogP contribution in [-0.4, -0.2) is 51.8 Å². The van der Waals surface area contributed by atoms with Crippen LogP contribution < -0.4 is 5.32 Å². The number of hydrogen-bond donors (Lipinski definition) is 1. The Bertz CT molecular complexity index is 142. The molecule has 0 aliphatic heterocycles. The van der Waals surface area contributed by atoms with E-state index in [0.29, 0.717) is 0 Å². The maximum Gasteiger partial charge on any atom is 0.0589 e. The Balaban J connectivity index is 3.08. The summed E-state index contributed by atoms with van der Waals surface area (Å²) in [4.78, 5) is 2.23. The summed E-state index contributed by atoms with van der Waals surface area (Å²) in [5, 5.41) is 3.27. The summed E-state index contributed by atoms with van der Waals surface area (Å²) in [6, 6.07) is 0. The van der Waals surface area contributed by atoms with Crippen molar-refractivity contribution in [3.63, 3.8) is 0 Å². The van der Waals surface area contributed by atoms with Gasteiger partial charge in [0.15, 0.2) is 0 Å². The molecule has 0 atom stereocenters. The molecule has 0 radical (unpaired) electrons. The van der Waals surface area contributed by atoms with Crippen LogP contribution in [0, 0.1) is 12.3 Å². The van der Waals surface area contributed by atoms with E-state index in [-0.39, 0.29) is 0 Å². The summed E-state index contributed by atoms with van der Waals surface area (Å²) in [6.07, 6.45) is 5.93.